The number of ether oxygens (including phenoxy) is 1. The molecular formula is C25H31N3O9. The van der Waals surface area contributed by atoms with E-state index < -0.39 is 36.4 Å². The molecule has 0 atom stereocenters. The minimum atomic E-state index is -2.74. The Balaban J connectivity index is 0.000000317. The standard InChI is InChI=1S/C19H23N3O2.C6H8O7/c1-15-20-11-17(21(15)2)13-22(14-19-8-5-9-24-19)12-16-6-4-7-18(10-16)23-3;7-3(8)1-6(13,5(11)12)2-4(9)10/h4-11H,12-14H2,1-3H3;13H,1-2H2,(H,7,8)(H,9,10)(H,11,12). The highest BCUT2D eigenvalue weighted by molar-refractivity contribution is 5.88. The van der Waals surface area contributed by atoms with Crippen LogP contribution >= 0.6 is 0 Å². The molecule has 200 valence electrons. The molecule has 0 unspecified atom stereocenters. The number of carbonyl (C=O) groups is 3. The lowest BCUT2D eigenvalue weighted by molar-refractivity contribution is -0.170. The van der Waals surface area contributed by atoms with E-state index >= 15 is 0 Å². The van der Waals surface area contributed by atoms with Crippen molar-refractivity contribution in [1.29, 1.82) is 0 Å². The van der Waals surface area contributed by atoms with E-state index in [1.165, 1.54) is 11.3 Å². The smallest absolute Gasteiger partial charge is 0.336 e. The molecule has 0 amide bonds. The van der Waals surface area contributed by atoms with Gasteiger partial charge in [0.25, 0.3) is 0 Å². The highest BCUT2D eigenvalue weighted by atomic mass is 16.5. The Labute approximate surface area is 213 Å². The predicted molar refractivity (Wildman–Crippen MR) is 130 cm³/mol. The Hall–Kier alpha value is -4.16. The van der Waals surface area contributed by atoms with Gasteiger partial charge in [0.1, 0.15) is 17.3 Å². The molecule has 12 heteroatoms. The quantitative estimate of drug-likeness (QED) is 0.277. The van der Waals surface area contributed by atoms with E-state index in [4.69, 9.17) is 29.6 Å². The SMILES string of the molecule is COc1cccc(CN(Cc2ccco2)Cc2cnc(C)n2C)c1.O=C(O)CC(O)(CC(=O)O)C(=O)O. The number of aliphatic carboxylic acids is 3. The summed E-state index contributed by atoms with van der Waals surface area (Å²) in [6.45, 7) is 4.37. The molecule has 2 aromatic heterocycles. The minimum absolute atomic E-state index is 0.744. The number of rotatable bonds is 12. The van der Waals surface area contributed by atoms with Crippen molar-refractivity contribution in [3.05, 3.63) is 71.7 Å². The van der Waals surface area contributed by atoms with Crippen LogP contribution in [0.3, 0.4) is 0 Å². The average molecular weight is 518 g/mol. The third-order valence-electron chi connectivity index (χ3n) is 5.49. The Kier molecular flexibility index (Phi) is 10.4. The van der Waals surface area contributed by atoms with Gasteiger partial charge in [0.15, 0.2) is 5.60 Å². The molecule has 4 N–H and O–H groups in total. The van der Waals surface area contributed by atoms with Gasteiger partial charge in [0.2, 0.25) is 0 Å². The van der Waals surface area contributed by atoms with E-state index in [-0.39, 0.29) is 0 Å². The van der Waals surface area contributed by atoms with Crippen molar-refractivity contribution in [3.8, 4) is 5.75 Å². The lowest BCUT2D eigenvalue weighted by Crippen LogP contribution is -2.42. The van der Waals surface area contributed by atoms with E-state index in [9.17, 15) is 14.4 Å². The number of benzene rings is 1. The second-order valence-corrected chi connectivity index (χ2v) is 8.41. The Morgan fingerprint density at radius 2 is 1.73 bits per heavy atom. The summed E-state index contributed by atoms with van der Waals surface area (Å²) in [5.41, 5.74) is -0.348. The zero-order valence-electron chi connectivity index (χ0n) is 20.8. The molecule has 0 aliphatic carbocycles. The lowest BCUT2D eigenvalue weighted by atomic mass is 9.96. The molecule has 37 heavy (non-hydrogen) atoms. The van der Waals surface area contributed by atoms with E-state index in [1.807, 2.05) is 44.4 Å². The van der Waals surface area contributed by atoms with Crippen molar-refractivity contribution >= 4 is 17.9 Å². The van der Waals surface area contributed by atoms with Gasteiger partial charge >= 0.3 is 17.9 Å². The molecule has 2 heterocycles. The van der Waals surface area contributed by atoms with Crippen molar-refractivity contribution in [1.82, 2.24) is 14.5 Å². The number of imidazole rings is 1. The molecule has 3 aromatic rings. The number of nitrogens with zero attached hydrogens (tertiary/aromatic N) is 3. The van der Waals surface area contributed by atoms with E-state index in [1.54, 1.807) is 13.4 Å². The van der Waals surface area contributed by atoms with E-state index in [0.29, 0.717) is 0 Å². The Morgan fingerprint density at radius 1 is 1.05 bits per heavy atom. The monoisotopic (exact) mass is 517 g/mol. The Bertz CT molecular complexity index is 1170. The van der Waals surface area contributed by atoms with Crippen LogP contribution < -0.4 is 4.74 Å². The van der Waals surface area contributed by atoms with Crippen LogP contribution in [0, 0.1) is 6.92 Å². The van der Waals surface area contributed by atoms with Crippen molar-refractivity contribution in [2.75, 3.05) is 7.11 Å². The number of aliphatic hydroxyl groups is 1. The van der Waals surface area contributed by atoms with Gasteiger partial charge in [-0.3, -0.25) is 14.5 Å². The van der Waals surface area contributed by atoms with Crippen molar-refractivity contribution in [2.24, 2.45) is 7.05 Å². The van der Waals surface area contributed by atoms with Crippen LogP contribution in [0.15, 0.2) is 53.3 Å². The van der Waals surface area contributed by atoms with E-state index in [0.717, 1.165) is 37.0 Å². The molecule has 0 aliphatic rings. The number of carboxylic acid groups (broad SMARTS) is 3. The predicted octanol–water partition coefficient (Wildman–Crippen LogP) is 2.28. The molecule has 3 rings (SSSR count). The number of hydrogen-bond acceptors (Lipinski definition) is 8. The molecule has 0 spiro atoms. The third-order valence-corrected chi connectivity index (χ3v) is 5.49. The first kappa shape index (κ1) is 29.1. The second kappa shape index (κ2) is 13.2. The summed E-state index contributed by atoms with van der Waals surface area (Å²) in [7, 11) is 3.74. The third kappa shape index (κ3) is 9.09. The zero-order chi connectivity index (χ0) is 27.6. The summed E-state index contributed by atoms with van der Waals surface area (Å²) in [6.07, 6.45) is 1.37. The number of hydrogen-bond donors (Lipinski definition) is 4. The van der Waals surface area contributed by atoms with Gasteiger partial charge in [-0.1, -0.05) is 12.1 Å². The molecule has 12 nitrogen and oxygen atoms in total. The molecule has 0 fully saturated rings. The number of aryl methyl sites for hydroxylation is 1. The largest absolute Gasteiger partial charge is 0.497 e. The fourth-order valence-electron chi connectivity index (χ4n) is 3.46. The molecule has 0 radical (unpaired) electrons. The fraction of sp³-hybridized carbons (Fsp3) is 0.360. The molecule has 0 bridgehead atoms. The molecule has 0 aliphatic heterocycles. The zero-order valence-corrected chi connectivity index (χ0v) is 20.8. The van der Waals surface area contributed by atoms with Gasteiger partial charge in [0.05, 0.1) is 38.5 Å². The maximum atomic E-state index is 10.3. The summed E-state index contributed by atoms with van der Waals surface area (Å²) < 4.78 is 13.0. The average Bonchev–Trinajstić information content (AvgIpc) is 3.44. The Morgan fingerprint density at radius 3 is 2.22 bits per heavy atom. The summed E-state index contributed by atoms with van der Waals surface area (Å²) in [5, 5.41) is 33.8. The normalized spacial score (nSPS) is 11.1. The fourth-order valence-corrected chi connectivity index (χ4v) is 3.46. The van der Waals surface area contributed by atoms with Gasteiger partial charge in [0, 0.05) is 26.3 Å². The number of furan rings is 1. The number of carboxylic acids is 3. The topological polar surface area (TPSA) is 176 Å². The first-order valence-corrected chi connectivity index (χ1v) is 11.2. The number of aromatic nitrogens is 2. The summed E-state index contributed by atoms with van der Waals surface area (Å²) in [6, 6.07) is 12.1. The van der Waals surface area contributed by atoms with Crippen LogP contribution in [0.4, 0.5) is 0 Å². The van der Waals surface area contributed by atoms with Crippen LogP contribution in [0.2, 0.25) is 0 Å². The highest BCUT2D eigenvalue weighted by Crippen LogP contribution is 2.18. The summed E-state index contributed by atoms with van der Waals surface area (Å²) in [5.74, 6) is -2.17. The first-order valence-electron chi connectivity index (χ1n) is 11.2. The van der Waals surface area contributed by atoms with Crippen molar-refractivity contribution in [2.45, 2.75) is 45.0 Å². The molecule has 0 saturated carbocycles. The molecule has 1 aromatic carbocycles. The summed E-state index contributed by atoms with van der Waals surface area (Å²) in [4.78, 5) is 37.2. The van der Waals surface area contributed by atoms with Gasteiger partial charge in [-0.2, -0.15) is 0 Å². The minimum Gasteiger partial charge on any atom is -0.497 e. The van der Waals surface area contributed by atoms with Crippen LogP contribution in [0.25, 0.3) is 0 Å². The van der Waals surface area contributed by atoms with Gasteiger partial charge in [-0.15, -0.1) is 0 Å². The summed E-state index contributed by atoms with van der Waals surface area (Å²) >= 11 is 0. The first-order chi connectivity index (χ1) is 17.4. The number of methoxy groups -OCH3 is 1. The van der Waals surface area contributed by atoms with Crippen molar-refractivity contribution < 1.29 is 44.0 Å². The van der Waals surface area contributed by atoms with Crippen LogP contribution in [0.5, 0.6) is 5.75 Å². The maximum absolute atomic E-state index is 10.3. The second-order valence-electron chi connectivity index (χ2n) is 8.41. The highest BCUT2D eigenvalue weighted by Gasteiger charge is 2.40. The van der Waals surface area contributed by atoms with Crippen molar-refractivity contribution in [3.63, 3.8) is 0 Å². The van der Waals surface area contributed by atoms with Crippen LogP contribution in [-0.4, -0.2) is 65.5 Å². The van der Waals surface area contributed by atoms with Gasteiger partial charge < -0.3 is 34.1 Å². The van der Waals surface area contributed by atoms with Crippen LogP contribution in [0.1, 0.15) is 35.7 Å². The van der Waals surface area contributed by atoms with Crippen LogP contribution in [-0.2, 0) is 41.1 Å². The van der Waals surface area contributed by atoms with E-state index in [2.05, 4.69) is 26.6 Å². The maximum Gasteiger partial charge on any atom is 0.336 e. The lowest BCUT2D eigenvalue weighted by Gasteiger charge is -2.22. The molecular weight excluding hydrogens is 486 g/mol. The molecule has 0 saturated heterocycles. The van der Waals surface area contributed by atoms with Gasteiger partial charge in [-0.05, 0) is 36.8 Å². The van der Waals surface area contributed by atoms with Gasteiger partial charge in [-0.25, -0.2) is 9.78 Å².